The van der Waals surface area contributed by atoms with Crippen LogP contribution in [-0.4, -0.2) is 34.9 Å². The molecule has 0 aromatic carbocycles. The highest BCUT2D eigenvalue weighted by Gasteiger charge is 2.32. The van der Waals surface area contributed by atoms with Crippen molar-refractivity contribution in [1.29, 1.82) is 0 Å². The number of aromatic nitrogens is 1. The summed E-state index contributed by atoms with van der Waals surface area (Å²) in [7, 11) is 0. The van der Waals surface area contributed by atoms with Gasteiger partial charge in [-0.1, -0.05) is 6.07 Å². The molecular weight excluding hydrogens is 262 g/mol. The van der Waals surface area contributed by atoms with Crippen molar-refractivity contribution in [2.75, 3.05) is 6.61 Å². The average Bonchev–Trinajstić information content (AvgIpc) is 2.78. The molecule has 2 heterocycles. The van der Waals surface area contributed by atoms with Crippen molar-refractivity contribution in [2.24, 2.45) is 5.92 Å². The Morgan fingerprint density at radius 3 is 2.95 bits per heavy atom. The van der Waals surface area contributed by atoms with E-state index in [-0.39, 0.29) is 12.2 Å². The second-order valence-electron chi connectivity index (χ2n) is 4.39. The zero-order valence-corrected chi connectivity index (χ0v) is 11.0. The number of aliphatic hydroxyl groups is 1. The molecule has 1 aromatic rings. The Morgan fingerprint density at radius 1 is 1.55 bits per heavy atom. The Hall–Kier alpha value is -2.21. The quantitative estimate of drug-likeness (QED) is 0.793. The summed E-state index contributed by atoms with van der Waals surface area (Å²) in [5.41, 5.74) is 1.05. The van der Waals surface area contributed by atoms with Crippen molar-refractivity contribution >= 4 is 11.9 Å². The van der Waals surface area contributed by atoms with Gasteiger partial charge in [0, 0.05) is 30.0 Å². The van der Waals surface area contributed by atoms with E-state index in [1.54, 1.807) is 13.1 Å². The highest BCUT2D eigenvalue weighted by Crippen LogP contribution is 2.22. The first kappa shape index (κ1) is 14.2. The van der Waals surface area contributed by atoms with Crippen LogP contribution in [-0.2, 0) is 25.5 Å². The molecule has 0 bridgehead atoms. The summed E-state index contributed by atoms with van der Waals surface area (Å²) in [6.45, 7) is 1.75. The Balaban J connectivity index is 1.83. The molecule has 6 nitrogen and oxygen atoms in total. The summed E-state index contributed by atoms with van der Waals surface area (Å²) < 4.78 is 9.63. The van der Waals surface area contributed by atoms with Gasteiger partial charge in [-0.05, 0) is 19.1 Å². The van der Waals surface area contributed by atoms with E-state index in [4.69, 9.17) is 4.74 Å². The van der Waals surface area contributed by atoms with Crippen molar-refractivity contribution in [3.8, 4) is 0 Å². The van der Waals surface area contributed by atoms with Gasteiger partial charge in [0.05, 0.1) is 12.5 Å². The summed E-state index contributed by atoms with van der Waals surface area (Å²) in [4.78, 5) is 26.9. The molecule has 0 radical (unpaired) electrons. The van der Waals surface area contributed by atoms with Crippen LogP contribution in [0, 0.1) is 5.92 Å². The number of carbonyl (C=O) groups excluding carboxylic acids is 2. The molecule has 1 aliphatic heterocycles. The van der Waals surface area contributed by atoms with Crippen LogP contribution >= 0.6 is 0 Å². The number of rotatable bonds is 5. The van der Waals surface area contributed by atoms with Crippen LogP contribution in [0.4, 0.5) is 0 Å². The third-order valence-electron chi connectivity index (χ3n) is 2.98. The van der Waals surface area contributed by atoms with Gasteiger partial charge in [0.15, 0.2) is 0 Å². The van der Waals surface area contributed by atoms with Gasteiger partial charge in [-0.2, -0.15) is 0 Å². The highest BCUT2D eigenvalue weighted by molar-refractivity contribution is 5.88. The van der Waals surface area contributed by atoms with Crippen LogP contribution in [0.5, 0.6) is 0 Å². The minimum atomic E-state index is -1.36. The lowest BCUT2D eigenvalue weighted by atomic mass is 10.0. The minimum Gasteiger partial charge on any atom is -0.465 e. The van der Waals surface area contributed by atoms with E-state index in [1.807, 2.05) is 18.2 Å². The number of pyridine rings is 1. The summed E-state index contributed by atoms with van der Waals surface area (Å²) >= 11 is 0. The van der Waals surface area contributed by atoms with Crippen LogP contribution in [0.3, 0.4) is 0 Å². The smallest absolute Gasteiger partial charge is 0.333 e. The molecule has 2 rings (SSSR count). The van der Waals surface area contributed by atoms with Crippen LogP contribution in [0.15, 0.2) is 36.0 Å². The topological polar surface area (TPSA) is 85.7 Å². The third-order valence-corrected chi connectivity index (χ3v) is 2.98. The standard InChI is InChI=1S/C14H15NO5/c1-9(11-8-12(16)20-14(11)18)13(17)19-7-5-10-4-2-3-6-15-10/h2-4,6,8-9,14,18H,5,7H2,1H3. The summed E-state index contributed by atoms with van der Waals surface area (Å²) in [6.07, 6.45) is 1.94. The van der Waals surface area contributed by atoms with Gasteiger partial charge in [0.25, 0.3) is 0 Å². The Morgan fingerprint density at radius 2 is 2.35 bits per heavy atom. The lowest BCUT2D eigenvalue weighted by Gasteiger charge is -2.14. The highest BCUT2D eigenvalue weighted by atomic mass is 16.6. The van der Waals surface area contributed by atoms with Crippen LogP contribution in [0.1, 0.15) is 12.6 Å². The molecule has 1 aliphatic rings. The second kappa shape index (κ2) is 6.29. The summed E-state index contributed by atoms with van der Waals surface area (Å²) in [5, 5.41) is 9.45. The number of aliphatic hydroxyl groups excluding tert-OH is 1. The number of nitrogens with zero attached hydrogens (tertiary/aromatic N) is 1. The van der Waals surface area contributed by atoms with Gasteiger partial charge in [0.1, 0.15) is 0 Å². The average molecular weight is 277 g/mol. The molecule has 0 amide bonds. The van der Waals surface area contributed by atoms with Crippen molar-refractivity contribution in [2.45, 2.75) is 19.6 Å². The van der Waals surface area contributed by atoms with E-state index in [1.165, 1.54) is 0 Å². The summed E-state index contributed by atoms with van der Waals surface area (Å²) in [5.74, 6) is -1.88. The van der Waals surface area contributed by atoms with E-state index in [9.17, 15) is 14.7 Å². The van der Waals surface area contributed by atoms with Crippen molar-refractivity contribution in [1.82, 2.24) is 4.98 Å². The molecule has 0 fully saturated rings. The zero-order valence-electron chi connectivity index (χ0n) is 11.0. The first-order chi connectivity index (χ1) is 9.58. The predicted octanol–water partition coefficient (Wildman–Crippen LogP) is 0.605. The lowest BCUT2D eigenvalue weighted by molar-refractivity contribution is -0.155. The number of hydrogen-bond donors (Lipinski definition) is 1. The Kier molecular flexibility index (Phi) is 4.47. The fourth-order valence-corrected chi connectivity index (χ4v) is 1.82. The summed E-state index contributed by atoms with van der Waals surface area (Å²) in [6, 6.07) is 5.50. The van der Waals surface area contributed by atoms with Gasteiger partial charge < -0.3 is 14.6 Å². The number of esters is 2. The first-order valence-electron chi connectivity index (χ1n) is 6.24. The van der Waals surface area contributed by atoms with Gasteiger partial charge in [-0.3, -0.25) is 9.78 Å². The maximum absolute atomic E-state index is 11.8. The predicted molar refractivity (Wildman–Crippen MR) is 68.2 cm³/mol. The fourth-order valence-electron chi connectivity index (χ4n) is 1.82. The van der Waals surface area contributed by atoms with Crippen LogP contribution in [0.25, 0.3) is 0 Å². The first-order valence-corrected chi connectivity index (χ1v) is 6.24. The van der Waals surface area contributed by atoms with E-state index >= 15 is 0 Å². The maximum atomic E-state index is 11.8. The molecule has 20 heavy (non-hydrogen) atoms. The van der Waals surface area contributed by atoms with Crippen molar-refractivity contribution in [3.05, 3.63) is 41.7 Å². The molecule has 6 heteroatoms. The lowest BCUT2D eigenvalue weighted by Crippen LogP contribution is -2.23. The van der Waals surface area contributed by atoms with Gasteiger partial charge in [-0.25, -0.2) is 4.79 Å². The molecule has 1 N–H and O–H groups in total. The van der Waals surface area contributed by atoms with E-state index < -0.39 is 24.1 Å². The molecule has 1 aromatic heterocycles. The minimum absolute atomic E-state index is 0.193. The van der Waals surface area contributed by atoms with Crippen LogP contribution in [0.2, 0.25) is 0 Å². The maximum Gasteiger partial charge on any atom is 0.333 e. The largest absolute Gasteiger partial charge is 0.465 e. The van der Waals surface area contributed by atoms with Crippen LogP contribution < -0.4 is 0 Å². The number of cyclic esters (lactones) is 1. The second-order valence-corrected chi connectivity index (χ2v) is 4.39. The molecule has 0 saturated heterocycles. The molecule has 2 atom stereocenters. The van der Waals surface area contributed by atoms with Crippen molar-refractivity contribution in [3.63, 3.8) is 0 Å². The molecule has 106 valence electrons. The Bertz CT molecular complexity index is 526. The van der Waals surface area contributed by atoms with Gasteiger partial charge >= 0.3 is 11.9 Å². The zero-order chi connectivity index (χ0) is 14.5. The molecule has 0 aliphatic carbocycles. The number of ether oxygens (including phenoxy) is 2. The Labute approximate surface area is 116 Å². The van der Waals surface area contributed by atoms with Gasteiger partial charge in [0.2, 0.25) is 6.29 Å². The number of carbonyl (C=O) groups is 2. The van der Waals surface area contributed by atoms with Crippen molar-refractivity contribution < 1.29 is 24.2 Å². The fraction of sp³-hybridized carbons (Fsp3) is 0.357. The molecular formula is C14H15NO5. The monoisotopic (exact) mass is 277 g/mol. The normalized spacial score (nSPS) is 19.2. The SMILES string of the molecule is CC(C(=O)OCCc1ccccn1)C1=CC(=O)OC1O. The van der Waals surface area contributed by atoms with E-state index in [0.29, 0.717) is 6.42 Å². The number of hydrogen-bond acceptors (Lipinski definition) is 6. The third kappa shape index (κ3) is 3.42. The molecule has 2 unspecified atom stereocenters. The van der Waals surface area contributed by atoms with E-state index in [0.717, 1.165) is 11.8 Å². The van der Waals surface area contributed by atoms with Gasteiger partial charge in [-0.15, -0.1) is 0 Å². The molecule has 0 spiro atoms. The molecule has 0 saturated carbocycles. The van der Waals surface area contributed by atoms with E-state index in [2.05, 4.69) is 9.72 Å².